The number of aromatic hydroxyl groups is 1. The highest BCUT2D eigenvalue weighted by Gasteiger charge is 2.44. The maximum Gasteiger partial charge on any atom is 0.321 e. The van der Waals surface area contributed by atoms with Crippen LogP contribution >= 0.6 is 0 Å². The molecule has 108 valence electrons. The Kier molecular flexibility index (Phi) is 3.83. The number of hydrogen-bond donors (Lipinski definition) is 3. The molecule has 0 aliphatic heterocycles. The lowest BCUT2D eigenvalue weighted by Gasteiger charge is -2.37. The van der Waals surface area contributed by atoms with E-state index < -0.39 is 11.4 Å². The van der Waals surface area contributed by atoms with Crippen LogP contribution in [0.2, 0.25) is 0 Å². The van der Waals surface area contributed by atoms with Crippen molar-refractivity contribution in [2.75, 3.05) is 18.5 Å². The molecule has 1 aromatic carbocycles. The number of hydrogen-bond acceptors (Lipinski definition) is 3. The maximum atomic E-state index is 12.0. The summed E-state index contributed by atoms with van der Waals surface area (Å²) in [5, 5.41) is 21.2. The van der Waals surface area contributed by atoms with Crippen LogP contribution in [0, 0.1) is 5.41 Å². The summed E-state index contributed by atoms with van der Waals surface area (Å²) >= 11 is 0. The van der Waals surface area contributed by atoms with Crippen molar-refractivity contribution >= 4 is 17.7 Å². The summed E-state index contributed by atoms with van der Waals surface area (Å²) < 4.78 is 0. The zero-order valence-corrected chi connectivity index (χ0v) is 11.3. The molecule has 0 aromatic heterocycles. The highest BCUT2D eigenvalue weighted by atomic mass is 16.4. The number of carbonyl (C=O) groups is 2. The second-order valence-corrected chi connectivity index (χ2v) is 5.18. The Morgan fingerprint density at radius 3 is 2.60 bits per heavy atom. The largest absolute Gasteiger partial charge is 0.508 e. The van der Waals surface area contributed by atoms with Crippen LogP contribution in [-0.4, -0.2) is 35.8 Å². The number of carboxylic acids is 1. The summed E-state index contributed by atoms with van der Waals surface area (Å²) in [6, 6.07) is 5.93. The second-order valence-electron chi connectivity index (χ2n) is 5.18. The van der Waals surface area contributed by atoms with Crippen molar-refractivity contribution in [2.24, 2.45) is 5.41 Å². The molecule has 1 aliphatic carbocycles. The van der Waals surface area contributed by atoms with Crippen molar-refractivity contribution in [1.29, 1.82) is 0 Å². The summed E-state index contributed by atoms with van der Waals surface area (Å²) in [4.78, 5) is 24.5. The van der Waals surface area contributed by atoms with E-state index in [4.69, 9.17) is 0 Å². The van der Waals surface area contributed by atoms with Gasteiger partial charge in [0.25, 0.3) is 0 Å². The predicted octanol–water partition coefficient (Wildman–Crippen LogP) is 1.79. The monoisotopic (exact) mass is 278 g/mol. The summed E-state index contributed by atoms with van der Waals surface area (Å²) in [6.45, 7) is 0.129. The van der Waals surface area contributed by atoms with Crippen LogP contribution < -0.4 is 10.2 Å². The van der Waals surface area contributed by atoms with Gasteiger partial charge in [0.15, 0.2) is 0 Å². The maximum absolute atomic E-state index is 12.0. The van der Waals surface area contributed by atoms with E-state index in [0.717, 1.165) is 6.42 Å². The molecule has 0 heterocycles. The van der Waals surface area contributed by atoms with E-state index in [9.17, 15) is 19.8 Å². The Labute approximate surface area is 117 Å². The Bertz CT molecular complexity index is 526. The van der Waals surface area contributed by atoms with Gasteiger partial charge in [0, 0.05) is 25.3 Å². The number of anilines is 1. The second kappa shape index (κ2) is 5.40. The average molecular weight is 278 g/mol. The smallest absolute Gasteiger partial charge is 0.321 e. The molecule has 0 bridgehead atoms. The minimum Gasteiger partial charge on any atom is -0.508 e. The number of phenols is 1. The van der Waals surface area contributed by atoms with Crippen LogP contribution in [-0.2, 0) is 4.79 Å². The first kappa shape index (κ1) is 14.2. The topological polar surface area (TPSA) is 89.9 Å². The fourth-order valence-electron chi connectivity index (χ4n) is 2.25. The van der Waals surface area contributed by atoms with Gasteiger partial charge in [-0.15, -0.1) is 0 Å². The third-order valence-corrected chi connectivity index (χ3v) is 3.86. The Balaban J connectivity index is 1.96. The zero-order valence-electron chi connectivity index (χ0n) is 11.3. The fourth-order valence-corrected chi connectivity index (χ4v) is 2.25. The third-order valence-electron chi connectivity index (χ3n) is 3.86. The van der Waals surface area contributed by atoms with Crippen LogP contribution in [0.4, 0.5) is 10.5 Å². The lowest BCUT2D eigenvalue weighted by molar-refractivity contribution is -0.153. The first-order chi connectivity index (χ1) is 9.44. The van der Waals surface area contributed by atoms with Crippen LogP contribution in [0.3, 0.4) is 0 Å². The summed E-state index contributed by atoms with van der Waals surface area (Å²) in [5.74, 6) is -0.785. The Hall–Kier alpha value is -2.24. The highest BCUT2D eigenvalue weighted by molar-refractivity contribution is 5.92. The van der Waals surface area contributed by atoms with Gasteiger partial charge in [0.1, 0.15) is 5.75 Å². The number of carbonyl (C=O) groups excluding carboxylic acids is 1. The SMILES string of the molecule is CN(C(=O)NCC1(C(=O)O)CCC1)c1cccc(O)c1. The van der Waals surface area contributed by atoms with Crippen molar-refractivity contribution in [2.45, 2.75) is 19.3 Å². The van der Waals surface area contributed by atoms with Gasteiger partial charge in [0.2, 0.25) is 0 Å². The highest BCUT2D eigenvalue weighted by Crippen LogP contribution is 2.40. The number of benzene rings is 1. The quantitative estimate of drug-likeness (QED) is 0.783. The molecule has 1 aliphatic rings. The van der Waals surface area contributed by atoms with Crippen molar-refractivity contribution in [3.05, 3.63) is 24.3 Å². The molecular weight excluding hydrogens is 260 g/mol. The Morgan fingerprint density at radius 2 is 2.10 bits per heavy atom. The summed E-state index contributed by atoms with van der Waals surface area (Å²) in [5.41, 5.74) is -0.268. The summed E-state index contributed by atoms with van der Waals surface area (Å²) in [6.07, 6.45) is 2.07. The molecule has 0 unspecified atom stereocenters. The minimum absolute atomic E-state index is 0.0724. The molecule has 6 nitrogen and oxygen atoms in total. The van der Waals surface area contributed by atoms with Crippen molar-refractivity contribution < 1.29 is 19.8 Å². The first-order valence-corrected chi connectivity index (χ1v) is 6.49. The number of aliphatic carboxylic acids is 1. The first-order valence-electron chi connectivity index (χ1n) is 6.49. The van der Waals surface area contributed by atoms with Gasteiger partial charge in [-0.3, -0.25) is 9.69 Å². The predicted molar refractivity (Wildman–Crippen MR) is 73.8 cm³/mol. The van der Waals surface area contributed by atoms with E-state index in [-0.39, 0.29) is 18.3 Å². The van der Waals surface area contributed by atoms with Crippen molar-refractivity contribution in [3.8, 4) is 5.75 Å². The number of nitrogens with zero attached hydrogens (tertiary/aromatic N) is 1. The third kappa shape index (κ3) is 2.68. The molecule has 2 rings (SSSR count). The molecular formula is C14H18N2O4. The van der Waals surface area contributed by atoms with Gasteiger partial charge in [-0.2, -0.15) is 0 Å². The number of urea groups is 1. The molecule has 0 spiro atoms. The van der Waals surface area contributed by atoms with Gasteiger partial charge in [-0.1, -0.05) is 12.5 Å². The van der Waals surface area contributed by atoms with Crippen LogP contribution in [0.15, 0.2) is 24.3 Å². The van der Waals surface area contributed by atoms with Crippen molar-refractivity contribution in [3.63, 3.8) is 0 Å². The minimum atomic E-state index is -0.857. The molecule has 2 amide bonds. The Morgan fingerprint density at radius 1 is 1.40 bits per heavy atom. The van der Waals surface area contributed by atoms with Crippen LogP contribution in [0.1, 0.15) is 19.3 Å². The standard InChI is InChI=1S/C14H18N2O4/c1-16(10-4-2-5-11(17)8-10)13(20)15-9-14(12(18)19)6-3-7-14/h2,4-5,8,17H,3,6-7,9H2,1H3,(H,15,20)(H,18,19). The molecule has 0 saturated heterocycles. The molecule has 20 heavy (non-hydrogen) atoms. The van der Waals surface area contributed by atoms with Gasteiger partial charge in [-0.05, 0) is 25.0 Å². The number of phenolic OH excluding ortho intramolecular Hbond substituents is 1. The van der Waals surface area contributed by atoms with E-state index in [1.165, 1.54) is 17.0 Å². The number of carboxylic acid groups (broad SMARTS) is 1. The molecule has 3 N–H and O–H groups in total. The van der Waals surface area contributed by atoms with E-state index in [0.29, 0.717) is 18.5 Å². The lowest BCUT2D eigenvalue weighted by atomic mass is 9.69. The molecule has 1 aromatic rings. The van der Waals surface area contributed by atoms with Gasteiger partial charge in [-0.25, -0.2) is 4.79 Å². The lowest BCUT2D eigenvalue weighted by Crippen LogP contribution is -2.50. The molecule has 0 radical (unpaired) electrons. The normalized spacial score (nSPS) is 16.1. The van der Waals surface area contributed by atoms with Gasteiger partial charge in [0.05, 0.1) is 5.41 Å². The fraction of sp³-hybridized carbons (Fsp3) is 0.429. The molecule has 1 saturated carbocycles. The van der Waals surface area contributed by atoms with E-state index in [2.05, 4.69) is 5.32 Å². The van der Waals surface area contributed by atoms with Gasteiger partial charge < -0.3 is 15.5 Å². The number of nitrogens with one attached hydrogen (secondary N) is 1. The zero-order chi connectivity index (χ0) is 14.8. The molecule has 6 heteroatoms. The van der Waals surface area contributed by atoms with Gasteiger partial charge >= 0.3 is 12.0 Å². The number of amides is 2. The van der Waals surface area contributed by atoms with E-state index in [1.807, 2.05) is 0 Å². The van der Waals surface area contributed by atoms with E-state index in [1.54, 1.807) is 19.2 Å². The van der Waals surface area contributed by atoms with Crippen molar-refractivity contribution in [1.82, 2.24) is 5.32 Å². The van der Waals surface area contributed by atoms with E-state index >= 15 is 0 Å². The molecule has 0 atom stereocenters. The van der Waals surface area contributed by atoms with Crippen LogP contribution in [0.5, 0.6) is 5.75 Å². The summed E-state index contributed by atoms with van der Waals surface area (Å²) in [7, 11) is 1.57. The molecule has 1 fully saturated rings. The number of rotatable bonds is 4. The van der Waals surface area contributed by atoms with Crippen LogP contribution in [0.25, 0.3) is 0 Å². The average Bonchev–Trinajstić information content (AvgIpc) is 2.35.